The van der Waals surface area contributed by atoms with Crippen molar-refractivity contribution in [2.75, 3.05) is 7.11 Å². The van der Waals surface area contributed by atoms with Crippen LogP contribution >= 0.6 is 38.6 Å². The van der Waals surface area contributed by atoms with E-state index in [0.29, 0.717) is 0 Å². The number of hydrogen-bond acceptors (Lipinski definition) is 4. The molecule has 0 aliphatic rings. The average molecular weight is 318 g/mol. The Bertz CT molecular complexity index is 492. The summed E-state index contributed by atoms with van der Waals surface area (Å²) in [6, 6.07) is 3.94. The molecule has 0 fully saturated rings. The minimum absolute atomic E-state index is 0.108. The minimum Gasteiger partial charge on any atom is -0.496 e. The van der Waals surface area contributed by atoms with Gasteiger partial charge in [0.1, 0.15) is 5.75 Å². The molecule has 2 rings (SSSR count). The van der Waals surface area contributed by atoms with E-state index in [1.165, 1.54) is 4.88 Å². The van der Waals surface area contributed by atoms with Crippen molar-refractivity contribution in [3.8, 4) is 5.75 Å². The maximum Gasteiger partial charge on any atom is 0.134 e. The molecule has 5 heteroatoms. The van der Waals surface area contributed by atoms with Gasteiger partial charge >= 0.3 is 0 Å². The van der Waals surface area contributed by atoms with Crippen molar-refractivity contribution >= 4 is 38.6 Å². The van der Waals surface area contributed by atoms with Gasteiger partial charge in [0.15, 0.2) is 0 Å². The predicted molar refractivity (Wildman–Crippen MR) is 73.7 cm³/mol. The second-order valence-corrected chi connectivity index (χ2v) is 6.49. The number of aryl methyl sites for hydroxylation is 1. The first-order chi connectivity index (χ1) is 7.63. The molecule has 0 saturated heterocycles. The normalized spacial score (nSPS) is 12.8. The second-order valence-electron chi connectivity index (χ2n) is 3.40. The van der Waals surface area contributed by atoms with E-state index in [1.54, 1.807) is 29.8 Å². The number of ether oxygens (including phenoxy) is 1. The lowest BCUT2D eigenvalue weighted by Crippen LogP contribution is -2.10. The van der Waals surface area contributed by atoms with Crippen molar-refractivity contribution in [3.63, 3.8) is 0 Å². The van der Waals surface area contributed by atoms with Gasteiger partial charge in [0.2, 0.25) is 0 Å². The van der Waals surface area contributed by atoms with E-state index in [4.69, 9.17) is 10.5 Å². The third-order valence-corrected chi connectivity index (χ3v) is 5.31. The summed E-state index contributed by atoms with van der Waals surface area (Å²) >= 11 is 6.89. The molecule has 2 aromatic rings. The Morgan fingerprint density at radius 1 is 1.44 bits per heavy atom. The fourth-order valence-corrected chi connectivity index (χ4v) is 4.39. The summed E-state index contributed by atoms with van der Waals surface area (Å²) in [6.07, 6.45) is 0. The monoisotopic (exact) mass is 317 g/mol. The summed E-state index contributed by atoms with van der Waals surface area (Å²) in [5.41, 5.74) is 6.26. The summed E-state index contributed by atoms with van der Waals surface area (Å²) in [4.78, 5) is 3.48. The fraction of sp³-hybridized carbons (Fsp3) is 0.273. The van der Waals surface area contributed by atoms with Gasteiger partial charge in [0.05, 0.1) is 18.0 Å². The molecule has 0 aromatic carbocycles. The molecule has 2 N–H and O–H groups in total. The van der Waals surface area contributed by atoms with E-state index in [2.05, 4.69) is 28.9 Å². The van der Waals surface area contributed by atoms with Gasteiger partial charge in [0, 0.05) is 14.2 Å². The first-order valence-corrected chi connectivity index (χ1v) is 7.25. The fourth-order valence-electron chi connectivity index (χ4n) is 1.54. The lowest BCUT2D eigenvalue weighted by molar-refractivity contribution is 0.411. The molecule has 0 saturated carbocycles. The van der Waals surface area contributed by atoms with Crippen LogP contribution in [0.25, 0.3) is 0 Å². The van der Waals surface area contributed by atoms with Crippen LogP contribution in [-0.2, 0) is 0 Å². The Hall–Kier alpha value is -0.360. The van der Waals surface area contributed by atoms with Crippen LogP contribution in [0.4, 0.5) is 0 Å². The molecule has 0 spiro atoms. The van der Waals surface area contributed by atoms with Crippen LogP contribution in [0, 0.1) is 6.92 Å². The minimum atomic E-state index is -0.108. The highest BCUT2D eigenvalue weighted by atomic mass is 79.9. The van der Waals surface area contributed by atoms with Crippen molar-refractivity contribution < 1.29 is 4.74 Å². The molecule has 1 unspecified atom stereocenters. The molecule has 16 heavy (non-hydrogen) atoms. The van der Waals surface area contributed by atoms with E-state index in [9.17, 15) is 0 Å². The number of methoxy groups -OCH3 is 1. The molecule has 0 bridgehead atoms. The quantitative estimate of drug-likeness (QED) is 0.930. The number of rotatable bonds is 3. The van der Waals surface area contributed by atoms with Crippen LogP contribution in [0.5, 0.6) is 5.75 Å². The third-order valence-electron chi connectivity index (χ3n) is 2.28. The standard InChI is InChI=1S/C11H12BrNOS2/c1-6-5-7(12)10(16-6)9(13)11-8(14-2)3-4-15-11/h3-5,9H,13H2,1-2H3. The highest BCUT2D eigenvalue weighted by Gasteiger charge is 2.19. The van der Waals surface area contributed by atoms with Crippen LogP contribution in [0.2, 0.25) is 0 Å². The van der Waals surface area contributed by atoms with Crippen molar-refractivity contribution in [1.29, 1.82) is 0 Å². The van der Waals surface area contributed by atoms with E-state index < -0.39 is 0 Å². The topological polar surface area (TPSA) is 35.2 Å². The van der Waals surface area contributed by atoms with Gasteiger partial charge in [-0.3, -0.25) is 0 Å². The summed E-state index contributed by atoms with van der Waals surface area (Å²) in [7, 11) is 1.67. The first kappa shape index (κ1) is 12.1. The number of thiophene rings is 2. The zero-order chi connectivity index (χ0) is 11.7. The second kappa shape index (κ2) is 4.87. The lowest BCUT2D eigenvalue weighted by atomic mass is 10.2. The van der Waals surface area contributed by atoms with E-state index in [-0.39, 0.29) is 6.04 Å². The third kappa shape index (κ3) is 2.18. The Kier molecular flexibility index (Phi) is 3.69. The van der Waals surface area contributed by atoms with Crippen molar-refractivity contribution in [2.24, 2.45) is 5.73 Å². The van der Waals surface area contributed by atoms with Crippen LogP contribution in [0.1, 0.15) is 20.7 Å². The van der Waals surface area contributed by atoms with E-state index in [0.717, 1.165) is 20.0 Å². The van der Waals surface area contributed by atoms with Crippen molar-refractivity contribution in [3.05, 3.63) is 36.6 Å². The highest BCUT2D eigenvalue weighted by molar-refractivity contribution is 9.10. The Balaban J connectivity index is 2.38. The van der Waals surface area contributed by atoms with Gasteiger partial charge in [-0.2, -0.15) is 0 Å². The number of halogens is 1. The van der Waals surface area contributed by atoms with Gasteiger partial charge in [-0.1, -0.05) is 0 Å². The van der Waals surface area contributed by atoms with Gasteiger partial charge in [0.25, 0.3) is 0 Å². The largest absolute Gasteiger partial charge is 0.496 e. The molecule has 1 atom stereocenters. The van der Waals surface area contributed by atoms with Crippen LogP contribution in [0.15, 0.2) is 22.0 Å². The SMILES string of the molecule is COc1ccsc1C(N)c1sc(C)cc1Br. The Labute approximate surface area is 111 Å². The maximum absolute atomic E-state index is 6.26. The number of nitrogens with two attached hydrogens (primary N) is 1. The molecule has 0 aliphatic carbocycles. The van der Waals surface area contributed by atoms with Crippen LogP contribution in [-0.4, -0.2) is 7.11 Å². The maximum atomic E-state index is 6.26. The molecule has 86 valence electrons. The molecule has 0 radical (unpaired) electrons. The van der Waals surface area contributed by atoms with Gasteiger partial charge in [-0.05, 0) is 40.4 Å². The average Bonchev–Trinajstić information content (AvgIpc) is 2.83. The Morgan fingerprint density at radius 3 is 2.75 bits per heavy atom. The van der Waals surface area contributed by atoms with Gasteiger partial charge < -0.3 is 10.5 Å². The van der Waals surface area contributed by atoms with Crippen LogP contribution in [0.3, 0.4) is 0 Å². The van der Waals surface area contributed by atoms with E-state index in [1.807, 2.05) is 11.4 Å². The zero-order valence-electron chi connectivity index (χ0n) is 8.99. The van der Waals surface area contributed by atoms with Gasteiger partial charge in [-0.15, -0.1) is 22.7 Å². The summed E-state index contributed by atoms with van der Waals surface area (Å²) in [5, 5.41) is 2.00. The molecule has 2 aromatic heterocycles. The molecule has 2 nitrogen and oxygen atoms in total. The Morgan fingerprint density at radius 2 is 2.19 bits per heavy atom. The molecule has 2 heterocycles. The van der Waals surface area contributed by atoms with Crippen molar-refractivity contribution in [1.82, 2.24) is 0 Å². The molecule has 0 amide bonds. The highest BCUT2D eigenvalue weighted by Crippen LogP contribution is 2.39. The summed E-state index contributed by atoms with van der Waals surface area (Å²) < 4.78 is 6.38. The number of hydrogen-bond donors (Lipinski definition) is 1. The van der Waals surface area contributed by atoms with Crippen LogP contribution < -0.4 is 10.5 Å². The summed E-state index contributed by atoms with van der Waals surface area (Å²) in [5.74, 6) is 0.871. The lowest BCUT2D eigenvalue weighted by Gasteiger charge is -2.10. The molecule has 0 aliphatic heterocycles. The predicted octanol–water partition coefficient (Wildman–Crippen LogP) is 3.94. The zero-order valence-corrected chi connectivity index (χ0v) is 12.2. The molecular weight excluding hydrogens is 306 g/mol. The summed E-state index contributed by atoms with van der Waals surface area (Å²) in [6.45, 7) is 2.08. The van der Waals surface area contributed by atoms with Crippen molar-refractivity contribution in [2.45, 2.75) is 13.0 Å². The smallest absolute Gasteiger partial charge is 0.134 e. The van der Waals surface area contributed by atoms with E-state index >= 15 is 0 Å². The first-order valence-electron chi connectivity index (χ1n) is 4.76. The molecular formula is C11H12BrNOS2. The van der Waals surface area contributed by atoms with Gasteiger partial charge in [-0.25, -0.2) is 0 Å².